The number of esters is 1. The van der Waals surface area contributed by atoms with Crippen LogP contribution in [0.4, 0.5) is 5.69 Å². The third kappa shape index (κ3) is 4.90. The van der Waals surface area contributed by atoms with Crippen LogP contribution in [-0.4, -0.2) is 23.0 Å². The van der Waals surface area contributed by atoms with Crippen LogP contribution in [0.3, 0.4) is 0 Å². The predicted octanol–water partition coefficient (Wildman–Crippen LogP) is 5.61. The average molecular weight is 435 g/mol. The van der Waals surface area contributed by atoms with E-state index in [1.54, 1.807) is 41.8 Å². The summed E-state index contributed by atoms with van der Waals surface area (Å²) < 4.78 is 5.25. The van der Waals surface area contributed by atoms with Crippen LogP contribution in [0, 0.1) is 6.92 Å². The van der Waals surface area contributed by atoms with Crippen molar-refractivity contribution >= 4 is 52.1 Å². The standard InChI is InChI=1S/C20H16Cl2N2O3S/c1-11-6-7-15(22)9-16(11)23-18(25)12(2)27-20(26)17-10-28-19(24-17)13-4-3-5-14(21)8-13/h3-10,12H,1-2H3,(H,23,25). The van der Waals surface area contributed by atoms with E-state index in [1.165, 1.54) is 18.3 Å². The molecule has 3 aromatic rings. The van der Waals surface area contributed by atoms with Gasteiger partial charge in [0.15, 0.2) is 11.8 Å². The molecular formula is C20H16Cl2N2O3S. The van der Waals surface area contributed by atoms with E-state index in [0.29, 0.717) is 20.7 Å². The molecule has 0 aliphatic carbocycles. The first-order valence-electron chi connectivity index (χ1n) is 8.33. The lowest BCUT2D eigenvalue weighted by atomic mass is 10.2. The molecule has 0 aliphatic rings. The molecule has 1 aromatic heterocycles. The van der Waals surface area contributed by atoms with E-state index in [4.69, 9.17) is 27.9 Å². The lowest BCUT2D eigenvalue weighted by Gasteiger charge is -2.14. The Morgan fingerprint density at radius 2 is 1.89 bits per heavy atom. The predicted molar refractivity (Wildman–Crippen MR) is 112 cm³/mol. The number of amides is 1. The van der Waals surface area contributed by atoms with Gasteiger partial charge in [-0.1, -0.05) is 41.4 Å². The first-order valence-corrected chi connectivity index (χ1v) is 9.96. The number of carbonyl (C=O) groups excluding carboxylic acids is 2. The van der Waals surface area contributed by atoms with Gasteiger partial charge in [-0.2, -0.15) is 0 Å². The Kier molecular flexibility index (Phi) is 6.34. The number of nitrogens with one attached hydrogen (secondary N) is 1. The lowest BCUT2D eigenvalue weighted by Crippen LogP contribution is -2.30. The molecule has 1 N–H and O–H groups in total. The van der Waals surface area contributed by atoms with Gasteiger partial charge in [0.25, 0.3) is 5.91 Å². The Hall–Kier alpha value is -2.41. The summed E-state index contributed by atoms with van der Waals surface area (Å²) in [6.07, 6.45) is -0.998. The van der Waals surface area contributed by atoms with Crippen molar-refractivity contribution in [2.24, 2.45) is 0 Å². The fraction of sp³-hybridized carbons (Fsp3) is 0.150. The number of aromatic nitrogens is 1. The topological polar surface area (TPSA) is 68.3 Å². The number of ether oxygens (including phenoxy) is 1. The molecule has 0 saturated heterocycles. The van der Waals surface area contributed by atoms with Crippen molar-refractivity contribution in [1.29, 1.82) is 0 Å². The number of nitrogens with zero attached hydrogens (tertiary/aromatic N) is 1. The van der Waals surface area contributed by atoms with Crippen molar-refractivity contribution in [3.63, 3.8) is 0 Å². The van der Waals surface area contributed by atoms with Crippen LogP contribution in [0.15, 0.2) is 47.8 Å². The fourth-order valence-electron chi connectivity index (χ4n) is 2.36. The fourth-order valence-corrected chi connectivity index (χ4v) is 3.51. The molecule has 0 bridgehead atoms. The Morgan fingerprint density at radius 1 is 1.14 bits per heavy atom. The molecule has 144 valence electrons. The average Bonchev–Trinajstić information content (AvgIpc) is 3.15. The van der Waals surface area contributed by atoms with Gasteiger partial charge in [-0.15, -0.1) is 11.3 Å². The summed E-state index contributed by atoms with van der Waals surface area (Å²) in [6.45, 7) is 3.34. The first kappa shape index (κ1) is 20.3. The normalized spacial score (nSPS) is 11.7. The minimum absolute atomic E-state index is 0.138. The van der Waals surface area contributed by atoms with Gasteiger partial charge in [-0.25, -0.2) is 9.78 Å². The van der Waals surface area contributed by atoms with Crippen LogP contribution in [0.5, 0.6) is 0 Å². The smallest absolute Gasteiger partial charge is 0.358 e. The summed E-state index contributed by atoms with van der Waals surface area (Å²) in [5.41, 5.74) is 2.36. The molecular weight excluding hydrogens is 419 g/mol. The van der Waals surface area contributed by atoms with Crippen molar-refractivity contribution in [1.82, 2.24) is 4.98 Å². The molecule has 1 heterocycles. The highest BCUT2D eigenvalue weighted by atomic mass is 35.5. The maximum Gasteiger partial charge on any atom is 0.358 e. The van der Waals surface area contributed by atoms with Crippen LogP contribution in [0.2, 0.25) is 10.0 Å². The molecule has 0 radical (unpaired) electrons. The van der Waals surface area contributed by atoms with E-state index in [0.717, 1.165) is 11.1 Å². The van der Waals surface area contributed by atoms with Crippen LogP contribution in [-0.2, 0) is 9.53 Å². The van der Waals surface area contributed by atoms with Gasteiger partial charge >= 0.3 is 5.97 Å². The molecule has 0 spiro atoms. The van der Waals surface area contributed by atoms with Gasteiger partial charge in [0.2, 0.25) is 0 Å². The molecule has 0 aliphatic heterocycles. The van der Waals surface area contributed by atoms with Gasteiger partial charge in [0, 0.05) is 26.7 Å². The summed E-state index contributed by atoms with van der Waals surface area (Å²) >= 11 is 13.2. The number of benzene rings is 2. The second-order valence-electron chi connectivity index (χ2n) is 6.04. The van der Waals surface area contributed by atoms with Crippen LogP contribution >= 0.6 is 34.5 Å². The Labute approximate surface area is 176 Å². The van der Waals surface area contributed by atoms with E-state index in [9.17, 15) is 9.59 Å². The molecule has 0 fully saturated rings. The number of hydrogen-bond acceptors (Lipinski definition) is 5. The summed E-state index contributed by atoms with van der Waals surface area (Å²) in [5, 5.41) is 6.02. The minimum atomic E-state index is -0.998. The molecule has 2 aromatic carbocycles. The van der Waals surface area contributed by atoms with Gasteiger partial charge in [-0.05, 0) is 43.7 Å². The molecule has 1 unspecified atom stereocenters. The van der Waals surface area contributed by atoms with Crippen LogP contribution in [0.1, 0.15) is 23.0 Å². The second kappa shape index (κ2) is 8.73. The third-order valence-corrected chi connectivity index (χ3v) is 5.26. The lowest BCUT2D eigenvalue weighted by molar-refractivity contribution is -0.123. The zero-order chi connectivity index (χ0) is 20.3. The summed E-state index contributed by atoms with van der Waals surface area (Å²) in [6, 6.07) is 12.3. The van der Waals surface area contributed by atoms with Crippen molar-refractivity contribution < 1.29 is 14.3 Å². The highest BCUT2D eigenvalue weighted by Gasteiger charge is 2.21. The summed E-state index contributed by atoms with van der Waals surface area (Å²) in [4.78, 5) is 29.0. The highest BCUT2D eigenvalue weighted by molar-refractivity contribution is 7.13. The van der Waals surface area contributed by atoms with E-state index < -0.39 is 18.0 Å². The van der Waals surface area contributed by atoms with E-state index in [2.05, 4.69) is 10.3 Å². The van der Waals surface area contributed by atoms with Crippen LogP contribution < -0.4 is 5.32 Å². The molecule has 0 saturated carbocycles. The quantitative estimate of drug-likeness (QED) is 0.529. The first-order chi connectivity index (χ1) is 13.3. The zero-order valence-corrected chi connectivity index (χ0v) is 17.4. The number of carbonyl (C=O) groups is 2. The Bertz CT molecular complexity index is 1040. The van der Waals surface area contributed by atoms with Gasteiger partial charge in [0.1, 0.15) is 5.01 Å². The van der Waals surface area contributed by atoms with Gasteiger partial charge in [0.05, 0.1) is 0 Å². The van der Waals surface area contributed by atoms with E-state index in [-0.39, 0.29) is 5.69 Å². The molecule has 3 rings (SSSR count). The van der Waals surface area contributed by atoms with Crippen molar-refractivity contribution in [2.45, 2.75) is 20.0 Å². The third-order valence-electron chi connectivity index (χ3n) is 3.90. The van der Waals surface area contributed by atoms with Crippen molar-refractivity contribution in [2.75, 3.05) is 5.32 Å². The van der Waals surface area contributed by atoms with Crippen molar-refractivity contribution in [3.05, 3.63) is 69.1 Å². The van der Waals surface area contributed by atoms with Gasteiger partial charge < -0.3 is 10.1 Å². The van der Waals surface area contributed by atoms with Crippen LogP contribution in [0.25, 0.3) is 10.6 Å². The maximum atomic E-state index is 12.3. The molecule has 28 heavy (non-hydrogen) atoms. The molecule has 1 amide bonds. The molecule has 5 nitrogen and oxygen atoms in total. The summed E-state index contributed by atoms with van der Waals surface area (Å²) in [5.74, 6) is -1.13. The maximum absolute atomic E-state index is 12.3. The number of anilines is 1. The van der Waals surface area contributed by atoms with E-state index >= 15 is 0 Å². The molecule has 1 atom stereocenters. The van der Waals surface area contributed by atoms with Gasteiger partial charge in [-0.3, -0.25) is 4.79 Å². The largest absolute Gasteiger partial charge is 0.448 e. The number of hydrogen-bond donors (Lipinski definition) is 1. The zero-order valence-electron chi connectivity index (χ0n) is 15.0. The number of rotatable bonds is 5. The number of halogens is 2. The number of thiazole rings is 1. The minimum Gasteiger partial charge on any atom is -0.448 e. The van der Waals surface area contributed by atoms with E-state index in [1.807, 2.05) is 13.0 Å². The number of aryl methyl sites for hydroxylation is 1. The monoisotopic (exact) mass is 434 g/mol. The summed E-state index contributed by atoms with van der Waals surface area (Å²) in [7, 11) is 0. The second-order valence-corrected chi connectivity index (χ2v) is 7.78. The highest BCUT2D eigenvalue weighted by Crippen LogP contribution is 2.26. The SMILES string of the molecule is Cc1ccc(Cl)cc1NC(=O)C(C)OC(=O)c1csc(-c2cccc(Cl)c2)n1. The Morgan fingerprint density at radius 3 is 2.64 bits per heavy atom. The molecule has 8 heteroatoms. The Balaban J connectivity index is 1.65. The van der Waals surface area contributed by atoms with Crippen molar-refractivity contribution in [3.8, 4) is 10.6 Å².